The van der Waals surface area contributed by atoms with Crippen molar-refractivity contribution in [1.82, 2.24) is 9.36 Å². The fraction of sp³-hybridized carbons (Fsp3) is 0.333. The van der Waals surface area contributed by atoms with Gasteiger partial charge in [-0.15, -0.1) is 0 Å². The monoisotopic (exact) mass is 281 g/mol. The molecule has 0 radical (unpaired) electrons. The van der Waals surface area contributed by atoms with Crippen molar-refractivity contribution in [3.63, 3.8) is 0 Å². The molecule has 1 fully saturated rings. The van der Waals surface area contributed by atoms with Gasteiger partial charge in [0.1, 0.15) is 11.6 Å². The molecule has 0 saturated heterocycles. The van der Waals surface area contributed by atoms with Crippen molar-refractivity contribution in [3.8, 4) is 10.9 Å². The van der Waals surface area contributed by atoms with E-state index >= 15 is 0 Å². The number of nitrogens with two attached hydrogens (primary N) is 1. The maximum Gasteiger partial charge on any atom is 0.298 e. The number of benzene rings is 1. The molecule has 1 aliphatic rings. The van der Waals surface area contributed by atoms with Gasteiger partial charge in [0.05, 0.1) is 0 Å². The van der Waals surface area contributed by atoms with E-state index in [0.29, 0.717) is 28.4 Å². The summed E-state index contributed by atoms with van der Waals surface area (Å²) in [5.74, 6) is 2.08. The highest BCUT2D eigenvalue weighted by atomic mass is 35.5. The van der Waals surface area contributed by atoms with E-state index in [4.69, 9.17) is 22.1 Å². The van der Waals surface area contributed by atoms with Crippen molar-refractivity contribution in [1.29, 1.82) is 0 Å². The predicted molar refractivity (Wildman–Crippen MR) is 71.3 cm³/mol. The Morgan fingerprint density at radius 2 is 2.28 bits per heavy atom. The van der Waals surface area contributed by atoms with Gasteiger partial charge >= 0.3 is 0 Å². The standard InChI is InChI=1S/C12H12ClN3OS/c13-9-2-1-3-10(8(9)6-14)17-12-15-11(16-18-12)7-4-5-7/h1-3,7H,4-6,14H2. The van der Waals surface area contributed by atoms with E-state index in [1.54, 1.807) is 6.07 Å². The van der Waals surface area contributed by atoms with Crippen molar-refractivity contribution < 1.29 is 4.74 Å². The van der Waals surface area contributed by atoms with Crippen LogP contribution in [-0.4, -0.2) is 9.36 Å². The van der Waals surface area contributed by atoms with E-state index in [1.807, 2.05) is 12.1 Å². The van der Waals surface area contributed by atoms with Gasteiger partial charge in [0.15, 0.2) is 0 Å². The minimum absolute atomic E-state index is 0.337. The van der Waals surface area contributed by atoms with Crippen LogP contribution >= 0.6 is 23.1 Å². The van der Waals surface area contributed by atoms with E-state index in [2.05, 4.69) is 9.36 Å². The van der Waals surface area contributed by atoms with E-state index in [0.717, 1.165) is 11.4 Å². The summed E-state index contributed by atoms with van der Waals surface area (Å²) in [5, 5.41) is 1.16. The average molecular weight is 282 g/mol. The summed E-state index contributed by atoms with van der Waals surface area (Å²) in [5.41, 5.74) is 6.47. The third kappa shape index (κ3) is 2.34. The molecule has 0 amide bonds. The maximum absolute atomic E-state index is 6.07. The molecule has 2 N–H and O–H groups in total. The second-order valence-electron chi connectivity index (χ2n) is 4.22. The second kappa shape index (κ2) is 4.84. The molecule has 1 aromatic heterocycles. The third-order valence-electron chi connectivity index (χ3n) is 2.84. The number of halogens is 1. The van der Waals surface area contributed by atoms with Gasteiger partial charge in [0, 0.05) is 34.6 Å². The van der Waals surface area contributed by atoms with Gasteiger partial charge in [-0.1, -0.05) is 17.7 Å². The average Bonchev–Trinajstić information content (AvgIpc) is 3.11. The SMILES string of the molecule is NCc1c(Cl)cccc1Oc1nc(C2CC2)ns1. The summed E-state index contributed by atoms with van der Waals surface area (Å²) < 4.78 is 10.0. The van der Waals surface area contributed by atoms with Crippen molar-refractivity contribution >= 4 is 23.1 Å². The molecule has 18 heavy (non-hydrogen) atoms. The predicted octanol–water partition coefficient (Wildman–Crippen LogP) is 3.32. The van der Waals surface area contributed by atoms with Crippen LogP contribution in [0.4, 0.5) is 0 Å². The zero-order valence-corrected chi connectivity index (χ0v) is 11.2. The van der Waals surface area contributed by atoms with Crippen LogP contribution in [0.1, 0.15) is 30.1 Å². The summed E-state index contributed by atoms with van der Waals surface area (Å²) in [4.78, 5) is 4.37. The lowest BCUT2D eigenvalue weighted by molar-refractivity contribution is 0.471. The number of hydrogen-bond acceptors (Lipinski definition) is 5. The number of rotatable bonds is 4. The zero-order valence-electron chi connectivity index (χ0n) is 9.60. The first-order chi connectivity index (χ1) is 8.78. The summed E-state index contributed by atoms with van der Waals surface area (Å²) >= 11 is 7.34. The fourth-order valence-corrected chi connectivity index (χ4v) is 2.56. The minimum atomic E-state index is 0.337. The molecular formula is C12H12ClN3OS. The van der Waals surface area contributed by atoms with Crippen LogP contribution in [0.2, 0.25) is 5.02 Å². The van der Waals surface area contributed by atoms with E-state index < -0.39 is 0 Å². The van der Waals surface area contributed by atoms with Gasteiger partial charge in [-0.2, -0.15) is 9.36 Å². The lowest BCUT2D eigenvalue weighted by atomic mass is 10.2. The molecule has 1 saturated carbocycles. The number of ether oxygens (including phenoxy) is 1. The highest BCUT2D eigenvalue weighted by Crippen LogP contribution is 2.40. The normalized spacial score (nSPS) is 14.8. The highest BCUT2D eigenvalue weighted by Gasteiger charge is 2.28. The van der Waals surface area contributed by atoms with Gasteiger partial charge in [-0.25, -0.2) is 0 Å². The van der Waals surface area contributed by atoms with Gasteiger partial charge in [0.25, 0.3) is 5.19 Å². The minimum Gasteiger partial charge on any atom is -0.429 e. The highest BCUT2D eigenvalue weighted by molar-refractivity contribution is 7.07. The topological polar surface area (TPSA) is 61.0 Å². The smallest absolute Gasteiger partial charge is 0.298 e. The lowest BCUT2D eigenvalue weighted by Gasteiger charge is -2.08. The molecule has 0 spiro atoms. The first kappa shape index (κ1) is 11.9. The molecular weight excluding hydrogens is 270 g/mol. The Labute approximate surface area is 114 Å². The first-order valence-corrected chi connectivity index (χ1v) is 6.92. The Balaban J connectivity index is 1.84. The Kier molecular flexibility index (Phi) is 3.20. The van der Waals surface area contributed by atoms with E-state index in [1.165, 1.54) is 24.4 Å². The van der Waals surface area contributed by atoms with Crippen LogP contribution in [0.25, 0.3) is 0 Å². The number of nitrogens with zero attached hydrogens (tertiary/aromatic N) is 2. The molecule has 6 heteroatoms. The Hall–Kier alpha value is -1.17. The van der Waals surface area contributed by atoms with Gasteiger partial charge in [0.2, 0.25) is 0 Å². The van der Waals surface area contributed by atoms with Gasteiger partial charge in [-0.05, 0) is 25.0 Å². The van der Waals surface area contributed by atoms with Crippen LogP contribution in [0.15, 0.2) is 18.2 Å². The molecule has 2 aromatic rings. The summed E-state index contributed by atoms with van der Waals surface area (Å²) in [6.45, 7) is 0.337. The molecule has 1 heterocycles. The van der Waals surface area contributed by atoms with Crippen molar-refractivity contribution in [2.45, 2.75) is 25.3 Å². The molecule has 94 valence electrons. The van der Waals surface area contributed by atoms with Crippen LogP contribution in [0.3, 0.4) is 0 Å². The van der Waals surface area contributed by atoms with E-state index in [9.17, 15) is 0 Å². The number of aromatic nitrogens is 2. The summed E-state index contributed by atoms with van der Waals surface area (Å²) in [6, 6.07) is 5.47. The molecule has 0 aliphatic heterocycles. The van der Waals surface area contributed by atoms with Crippen LogP contribution in [0, 0.1) is 0 Å². The largest absolute Gasteiger partial charge is 0.429 e. The molecule has 0 bridgehead atoms. The van der Waals surface area contributed by atoms with Crippen LogP contribution < -0.4 is 10.5 Å². The van der Waals surface area contributed by atoms with Crippen LogP contribution in [-0.2, 0) is 6.54 Å². The van der Waals surface area contributed by atoms with Gasteiger partial charge in [-0.3, -0.25) is 0 Å². The Morgan fingerprint density at radius 3 is 3.00 bits per heavy atom. The molecule has 0 atom stereocenters. The zero-order chi connectivity index (χ0) is 12.5. The Bertz CT molecular complexity index is 568. The van der Waals surface area contributed by atoms with Crippen molar-refractivity contribution in [2.75, 3.05) is 0 Å². The third-order valence-corrected chi connectivity index (χ3v) is 3.81. The fourth-order valence-electron chi connectivity index (χ4n) is 1.70. The van der Waals surface area contributed by atoms with Gasteiger partial charge < -0.3 is 10.5 Å². The lowest BCUT2D eigenvalue weighted by Crippen LogP contribution is -2.00. The molecule has 1 aliphatic carbocycles. The second-order valence-corrected chi connectivity index (χ2v) is 5.34. The number of hydrogen-bond donors (Lipinski definition) is 1. The molecule has 1 aromatic carbocycles. The van der Waals surface area contributed by atoms with Crippen molar-refractivity contribution in [3.05, 3.63) is 34.6 Å². The first-order valence-electron chi connectivity index (χ1n) is 5.77. The molecule has 3 rings (SSSR count). The quantitative estimate of drug-likeness (QED) is 0.934. The van der Waals surface area contributed by atoms with E-state index in [-0.39, 0.29) is 0 Å². The Morgan fingerprint density at radius 1 is 1.44 bits per heavy atom. The van der Waals surface area contributed by atoms with Crippen LogP contribution in [0.5, 0.6) is 10.9 Å². The van der Waals surface area contributed by atoms with Crippen molar-refractivity contribution in [2.24, 2.45) is 5.73 Å². The molecule has 4 nitrogen and oxygen atoms in total. The summed E-state index contributed by atoms with van der Waals surface area (Å²) in [7, 11) is 0. The maximum atomic E-state index is 6.07. The molecule has 0 unspecified atom stereocenters. The summed E-state index contributed by atoms with van der Waals surface area (Å²) in [6.07, 6.45) is 2.36.